The molecule has 1 atom stereocenters. The highest BCUT2D eigenvalue weighted by Crippen LogP contribution is 2.26. The van der Waals surface area contributed by atoms with Crippen molar-refractivity contribution < 1.29 is 9.53 Å². The number of ether oxygens (including phenoxy) is 1. The van der Waals surface area contributed by atoms with E-state index >= 15 is 0 Å². The Morgan fingerprint density at radius 1 is 1.10 bits per heavy atom. The maximum atomic E-state index is 12.9. The number of carbonyl (C=O) groups is 1. The number of ketones is 1. The Bertz CT molecular complexity index is 1050. The molecule has 6 nitrogen and oxygen atoms in total. The number of aromatic nitrogens is 3. The lowest BCUT2D eigenvalue weighted by Gasteiger charge is -2.36. The van der Waals surface area contributed by atoms with Gasteiger partial charge in [0.2, 0.25) is 0 Å². The minimum Gasteiger partial charge on any atom is -0.377 e. The molecule has 0 N–H and O–H groups in total. The lowest BCUT2D eigenvalue weighted by molar-refractivity contribution is -0.124. The Morgan fingerprint density at radius 2 is 1.93 bits per heavy atom. The number of hydrogen-bond donors (Lipinski definition) is 0. The van der Waals surface area contributed by atoms with E-state index in [0.29, 0.717) is 18.3 Å². The van der Waals surface area contributed by atoms with E-state index in [1.165, 1.54) is 6.42 Å². The maximum Gasteiger partial charge on any atom is 0.142 e. The van der Waals surface area contributed by atoms with Crippen LogP contribution in [0.25, 0.3) is 21.9 Å². The minimum atomic E-state index is 0.155. The third-order valence-corrected chi connectivity index (χ3v) is 6.47. The Hall–Kier alpha value is -2.57. The minimum absolute atomic E-state index is 0.155. The monoisotopic (exact) mass is 404 g/mol. The van der Waals surface area contributed by atoms with Crippen molar-refractivity contribution in [3.05, 3.63) is 48.5 Å². The third-order valence-electron chi connectivity index (χ3n) is 6.47. The van der Waals surface area contributed by atoms with Gasteiger partial charge in [-0.2, -0.15) is 5.10 Å². The molecule has 0 saturated carbocycles. The van der Waals surface area contributed by atoms with Crippen molar-refractivity contribution in [1.82, 2.24) is 19.7 Å². The second kappa shape index (κ2) is 8.28. The lowest BCUT2D eigenvalue weighted by atomic mass is 9.89. The molecule has 0 radical (unpaired) electrons. The summed E-state index contributed by atoms with van der Waals surface area (Å²) in [7, 11) is 1.92. The van der Waals surface area contributed by atoms with Gasteiger partial charge < -0.3 is 9.64 Å². The number of rotatable bonds is 6. The number of nitrogens with zero attached hydrogens (tertiary/aromatic N) is 4. The predicted molar refractivity (Wildman–Crippen MR) is 116 cm³/mol. The summed E-state index contributed by atoms with van der Waals surface area (Å²) in [6.07, 6.45) is 9.67. The van der Waals surface area contributed by atoms with Gasteiger partial charge in [0.25, 0.3) is 0 Å². The van der Waals surface area contributed by atoms with Crippen LogP contribution in [0.5, 0.6) is 0 Å². The molecule has 0 bridgehead atoms. The average molecular weight is 405 g/mol. The summed E-state index contributed by atoms with van der Waals surface area (Å²) in [5, 5.41) is 6.46. The van der Waals surface area contributed by atoms with Crippen LogP contribution in [0.2, 0.25) is 0 Å². The number of likely N-dealkylation sites (tertiary alicyclic amines) is 1. The van der Waals surface area contributed by atoms with Crippen LogP contribution in [0.1, 0.15) is 25.0 Å². The molecule has 0 aliphatic carbocycles. The molecule has 6 heteroatoms. The van der Waals surface area contributed by atoms with E-state index in [9.17, 15) is 4.79 Å². The highest BCUT2D eigenvalue weighted by atomic mass is 16.5. The van der Waals surface area contributed by atoms with E-state index in [-0.39, 0.29) is 5.92 Å². The third kappa shape index (κ3) is 4.16. The van der Waals surface area contributed by atoms with Crippen LogP contribution in [0.15, 0.2) is 42.9 Å². The number of carbonyl (C=O) groups excluding carboxylic acids is 1. The lowest BCUT2D eigenvalue weighted by Crippen LogP contribution is -2.44. The number of Topliss-reactive ketones (excluding diaryl/α,β-unsaturated/α-hetero) is 1. The van der Waals surface area contributed by atoms with Gasteiger partial charge in [0.1, 0.15) is 5.78 Å². The van der Waals surface area contributed by atoms with Crippen LogP contribution in [0.3, 0.4) is 0 Å². The summed E-state index contributed by atoms with van der Waals surface area (Å²) in [5.74, 6) is 0.479. The Morgan fingerprint density at radius 3 is 2.63 bits per heavy atom. The van der Waals surface area contributed by atoms with Gasteiger partial charge in [-0.25, -0.2) is 0 Å². The number of fused-ring (bicyclic) bond motifs is 1. The molecule has 0 amide bonds. The van der Waals surface area contributed by atoms with E-state index in [4.69, 9.17) is 4.74 Å². The number of aryl methyl sites for hydroxylation is 1. The van der Waals surface area contributed by atoms with Gasteiger partial charge in [-0.15, -0.1) is 0 Å². The number of benzene rings is 1. The fraction of sp³-hybridized carbons (Fsp3) is 0.458. The fourth-order valence-corrected chi connectivity index (χ4v) is 4.51. The van der Waals surface area contributed by atoms with E-state index < -0.39 is 0 Å². The van der Waals surface area contributed by atoms with Crippen LogP contribution in [0.4, 0.5) is 0 Å². The van der Waals surface area contributed by atoms with Crippen molar-refractivity contribution in [1.29, 1.82) is 0 Å². The second-order valence-electron chi connectivity index (χ2n) is 8.64. The summed E-state index contributed by atoms with van der Waals surface area (Å²) < 4.78 is 7.34. The second-order valence-corrected chi connectivity index (χ2v) is 8.64. The molecule has 2 aromatic heterocycles. The van der Waals surface area contributed by atoms with E-state index in [1.54, 1.807) is 4.68 Å². The summed E-state index contributed by atoms with van der Waals surface area (Å²) in [6.45, 7) is 3.92. The predicted octanol–water partition coefficient (Wildman–Crippen LogP) is 3.25. The van der Waals surface area contributed by atoms with Gasteiger partial charge >= 0.3 is 0 Å². The molecular weight excluding hydrogens is 376 g/mol. The van der Waals surface area contributed by atoms with Crippen LogP contribution in [-0.4, -0.2) is 57.8 Å². The zero-order valence-electron chi connectivity index (χ0n) is 17.5. The topological polar surface area (TPSA) is 60.2 Å². The van der Waals surface area contributed by atoms with Gasteiger partial charge in [-0.05, 0) is 55.4 Å². The Labute approximate surface area is 176 Å². The molecule has 3 aromatic rings. The molecular formula is C24H28N4O2. The van der Waals surface area contributed by atoms with Crippen molar-refractivity contribution in [2.45, 2.75) is 31.8 Å². The SMILES string of the molecule is Cn1cc(-c2ccc3cnc(CC(=O)C4CCN(CC5CCO5)CC4)cc3c2)cn1. The maximum absolute atomic E-state index is 12.9. The highest BCUT2D eigenvalue weighted by molar-refractivity contribution is 5.88. The standard InChI is InChI=1S/C24H28N4O2/c1-27-15-21(14-26-27)18-2-3-19-13-25-22(11-20(19)10-18)12-24(29)17-4-7-28(8-5-17)16-23-6-9-30-23/h2-3,10-11,13-15,17,23H,4-9,12,16H2,1H3. The molecule has 2 saturated heterocycles. The summed E-state index contributed by atoms with van der Waals surface area (Å²) in [6, 6.07) is 8.39. The zero-order valence-corrected chi connectivity index (χ0v) is 17.5. The van der Waals surface area contributed by atoms with E-state index in [1.807, 2.05) is 25.6 Å². The van der Waals surface area contributed by atoms with Gasteiger partial charge in [0.15, 0.2) is 0 Å². The molecule has 5 rings (SSSR count). The van der Waals surface area contributed by atoms with E-state index in [2.05, 4.69) is 39.2 Å². The largest absolute Gasteiger partial charge is 0.377 e. The number of piperidine rings is 1. The Balaban J connectivity index is 1.24. The van der Waals surface area contributed by atoms with Crippen LogP contribution < -0.4 is 0 Å². The molecule has 2 fully saturated rings. The van der Waals surface area contributed by atoms with Crippen molar-refractivity contribution in [2.24, 2.45) is 13.0 Å². The normalized spacial score (nSPS) is 20.4. The molecule has 2 aliphatic rings. The first kappa shape index (κ1) is 19.4. The number of hydrogen-bond acceptors (Lipinski definition) is 5. The van der Waals surface area contributed by atoms with Crippen LogP contribution >= 0.6 is 0 Å². The quantitative estimate of drug-likeness (QED) is 0.631. The summed E-state index contributed by atoms with van der Waals surface area (Å²) >= 11 is 0. The van der Waals surface area contributed by atoms with E-state index in [0.717, 1.165) is 66.7 Å². The fourth-order valence-electron chi connectivity index (χ4n) is 4.51. The van der Waals surface area contributed by atoms with Crippen molar-refractivity contribution >= 4 is 16.6 Å². The first-order chi connectivity index (χ1) is 14.6. The molecule has 4 heterocycles. The first-order valence-electron chi connectivity index (χ1n) is 10.9. The van der Waals surface area contributed by atoms with Gasteiger partial charge in [-0.1, -0.05) is 12.1 Å². The smallest absolute Gasteiger partial charge is 0.142 e. The summed E-state index contributed by atoms with van der Waals surface area (Å²) in [4.78, 5) is 19.9. The van der Waals surface area contributed by atoms with Crippen molar-refractivity contribution in [3.63, 3.8) is 0 Å². The van der Waals surface area contributed by atoms with Gasteiger partial charge in [-0.3, -0.25) is 14.5 Å². The molecule has 2 aliphatic heterocycles. The van der Waals surface area contributed by atoms with Crippen LogP contribution in [0, 0.1) is 5.92 Å². The van der Waals surface area contributed by atoms with Crippen LogP contribution in [-0.2, 0) is 23.0 Å². The number of pyridine rings is 1. The molecule has 156 valence electrons. The molecule has 1 aromatic carbocycles. The average Bonchev–Trinajstić information content (AvgIpc) is 3.17. The zero-order chi connectivity index (χ0) is 20.5. The molecule has 0 spiro atoms. The van der Waals surface area contributed by atoms with Crippen molar-refractivity contribution in [3.8, 4) is 11.1 Å². The van der Waals surface area contributed by atoms with Gasteiger partial charge in [0, 0.05) is 61.6 Å². The Kier molecular flexibility index (Phi) is 5.35. The molecule has 1 unspecified atom stereocenters. The summed E-state index contributed by atoms with van der Waals surface area (Å²) in [5.41, 5.74) is 3.08. The first-order valence-corrected chi connectivity index (χ1v) is 10.9. The highest BCUT2D eigenvalue weighted by Gasteiger charge is 2.28. The molecule has 30 heavy (non-hydrogen) atoms. The van der Waals surface area contributed by atoms with Gasteiger partial charge in [0.05, 0.1) is 12.3 Å². The van der Waals surface area contributed by atoms with Crippen molar-refractivity contribution in [2.75, 3.05) is 26.2 Å².